The molecule has 108 valence electrons. The third kappa shape index (κ3) is 3.31. The summed E-state index contributed by atoms with van der Waals surface area (Å²) in [6, 6.07) is 3.58. The molecule has 0 saturated carbocycles. The molecule has 20 heavy (non-hydrogen) atoms. The quantitative estimate of drug-likeness (QED) is 0.912. The number of piperidine rings is 1. The van der Waals surface area contributed by atoms with E-state index in [4.69, 9.17) is 0 Å². The van der Waals surface area contributed by atoms with Gasteiger partial charge < -0.3 is 10.2 Å². The minimum Gasteiger partial charge on any atom is -0.355 e. The summed E-state index contributed by atoms with van der Waals surface area (Å²) in [6.45, 7) is 0.542. The van der Waals surface area contributed by atoms with Crippen LogP contribution in [0, 0.1) is 17.6 Å². The number of carbonyl (C=O) groups is 2. The number of halogens is 2. The smallest absolute Gasteiger partial charge is 0.227 e. The number of amides is 2. The normalized spacial score (nSPS) is 18.6. The van der Waals surface area contributed by atoms with Crippen molar-refractivity contribution >= 4 is 11.8 Å². The van der Waals surface area contributed by atoms with Crippen molar-refractivity contribution in [2.24, 2.45) is 5.92 Å². The molecule has 1 aromatic carbocycles. The molecule has 1 aliphatic heterocycles. The lowest BCUT2D eigenvalue weighted by Gasteiger charge is -2.26. The zero-order chi connectivity index (χ0) is 14.7. The van der Waals surface area contributed by atoms with Crippen LogP contribution in [-0.2, 0) is 16.1 Å². The van der Waals surface area contributed by atoms with Crippen molar-refractivity contribution in [1.82, 2.24) is 10.2 Å². The van der Waals surface area contributed by atoms with Gasteiger partial charge >= 0.3 is 0 Å². The fourth-order valence-corrected chi connectivity index (χ4v) is 2.25. The van der Waals surface area contributed by atoms with Gasteiger partial charge in [0.1, 0.15) is 0 Å². The molecule has 1 aromatic rings. The Bertz CT molecular complexity index is 524. The highest BCUT2D eigenvalue weighted by Crippen LogP contribution is 2.16. The van der Waals surface area contributed by atoms with E-state index in [1.807, 2.05) is 0 Å². The van der Waals surface area contributed by atoms with Crippen molar-refractivity contribution in [3.05, 3.63) is 35.4 Å². The number of nitrogens with one attached hydrogen (secondary N) is 1. The Morgan fingerprint density at radius 2 is 2.15 bits per heavy atom. The molecule has 0 bridgehead atoms. The van der Waals surface area contributed by atoms with Crippen molar-refractivity contribution in [1.29, 1.82) is 0 Å². The van der Waals surface area contributed by atoms with Gasteiger partial charge in [0.25, 0.3) is 0 Å². The van der Waals surface area contributed by atoms with Crippen LogP contribution < -0.4 is 5.32 Å². The van der Waals surface area contributed by atoms with Crippen LogP contribution in [0.15, 0.2) is 18.2 Å². The van der Waals surface area contributed by atoms with Crippen molar-refractivity contribution in [2.75, 3.05) is 13.6 Å². The second kappa shape index (κ2) is 5.98. The van der Waals surface area contributed by atoms with Gasteiger partial charge in [-0.05, 0) is 24.1 Å². The van der Waals surface area contributed by atoms with Crippen LogP contribution in [0.2, 0.25) is 0 Å². The van der Waals surface area contributed by atoms with Gasteiger partial charge in [0.05, 0.1) is 5.92 Å². The lowest BCUT2D eigenvalue weighted by atomic mass is 9.97. The van der Waals surface area contributed by atoms with Crippen molar-refractivity contribution in [3.63, 3.8) is 0 Å². The highest BCUT2D eigenvalue weighted by atomic mass is 19.2. The largest absolute Gasteiger partial charge is 0.355 e. The fraction of sp³-hybridized carbons (Fsp3) is 0.429. The van der Waals surface area contributed by atoms with E-state index in [0.717, 1.165) is 12.1 Å². The average molecular weight is 282 g/mol. The monoisotopic (exact) mass is 282 g/mol. The summed E-state index contributed by atoms with van der Waals surface area (Å²) >= 11 is 0. The van der Waals surface area contributed by atoms with Crippen LogP contribution in [0.3, 0.4) is 0 Å². The first-order valence-corrected chi connectivity index (χ1v) is 6.43. The highest BCUT2D eigenvalue weighted by molar-refractivity contribution is 5.83. The Hall–Kier alpha value is -1.98. The molecule has 1 N–H and O–H groups in total. The van der Waals surface area contributed by atoms with Crippen molar-refractivity contribution in [2.45, 2.75) is 19.4 Å². The first-order chi connectivity index (χ1) is 9.47. The maximum atomic E-state index is 13.1. The summed E-state index contributed by atoms with van der Waals surface area (Å²) in [5.74, 6) is -2.22. The van der Waals surface area contributed by atoms with Gasteiger partial charge in [-0.25, -0.2) is 8.78 Å². The van der Waals surface area contributed by atoms with Crippen LogP contribution in [0.1, 0.15) is 18.4 Å². The molecule has 4 nitrogen and oxygen atoms in total. The van der Waals surface area contributed by atoms with Gasteiger partial charge in [0.2, 0.25) is 11.8 Å². The van der Waals surface area contributed by atoms with E-state index in [1.54, 1.807) is 7.05 Å². The van der Waals surface area contributed by atoms with Crippen LogP contribution in [0.5, 0.6) is 0 Å². The van der Waals surface area contributed by atoms with Crippen molar-refractivity contribution < 1.29 is 18.4 Å². The number of hydrogen-bond donors (Lipinski definition) is 1. The van der Waals surface area contributed by atoms with Gasteiger partial charge in [-0.2, -0.15) is 0 Å². The third-order valence-corrected chi connectivity index (χ3v) is 3.39. The van der Waals surface area contributed by atoms with E-state index in [9.17, 15) is 18.4 Å². The Labute approximate surface area is 115 Å². The zero-order valence-electron chi connectivity index (χ0n) is 11.2. The maximum absolute atomic E-state index is 13.1. The first kappa shape index (κ1) is 14.4. The van der Waals surface area contributed by atoms with Gasteiger partial charge in [-0.3, -0.25) is 9.59 Å². The van der Waals surface area contributed by atoms with E-state index in [0.29, 0.717) is 24.9 Å². The molecule has 0 radical (unpaired) electrons. The minimum absolute atomic E-state index is 0.0442. The summed E-state index contributed by atoms with van der Waals surface area (Å²) < 4.78 is 25.9. The van der Waals surface area contributed by atoms with Gasteiger partial charge in [0, 0.05) is 26.6 Å². The van der Waals surface area contributed by atoms with E-state index < -0.39 is 11.6 Å². The Balaban J connectivity index is 1.96. The second-order valence-electron chi connectivity index (χ2n) is 4.98. The molecule has 0 spiro atoms. The van der Waals surface area contributed by atoms with Crippen LogP contribution in [-0.4, -0.2) is 30.3 Å². The average Bonchev–Trinajstić information content (AvgIpc) is 2.43. The molecule has 1 heterocycles. The standard InChI is InChI=1S/C14H16F2N2O2/c1-18(8-9-2-4-11(15)12(16)6-9)14(20)10-3-5-13(19)17-7-10/h2,4,6,10H,3,5,7-8H2,1H3,(H,17,19). The van der Waals surface area contributed by atoms with E-state index >= 15 is 0 Å². The van der Waals surface area contributed by atoms with Crippen LogP contribution in [0.25, 0.3) is 0 Å². The Morgan fingerprint density at radius 1 is 1.40 bits per heavy atom. The van der Waals surface area contributed by atoms with Gasteiger partial charge in [-0.1, -0.05) is 6.07 Å². The topological polar surface area (TPSA) is 49.4 Å². The molecule has 1 fully saturated rings. The summed E-state index contributed by atoms with van der Waals surface area (Å²) in [5, 5.41) is 2.65. The number of nitrogens with zero attached hydrogens (tertiary/aromatic N) is 1. The van der Waals surface area contributed by atoms with Gasteiger partial charge in [0.15, 0.2) is 11.6 Å². The molecule has 1 saturated heterocycles. The van der Waals surface area contributed by atoms with E-state index in [2.05, 4.69) is 5.32 Å². The predicted octanol–water partition coefficient (Wildman–Crippen LogP) is 1.45. The Morgan fingerprint density at radius 3 is 2.75 bits per heavy atom. The van der Waals surface area contributed by atoms with Gasteiger partial charge in [-0.15, -0.1) is 0 Å². The highest BCUT2D eigenvalue weighted by Gasteiger charge is 2.26. The van der Waals surface area contributed by atoms with Crippen LogP contribution >= 0.6 is 0 Å². The summed E-state index contributed by atoms with van der Waals surface area (Å²) in [7, 11) is 1.61. The molecule has 0 aliphatic carbocycles. The number of carbonyl (C=O) groups excluding carboxylic acids is 2. The summed E-state index contributed by atoms with van der Waals surface area (Å²) in [5.41, 5.74) is 0.527. The number of rotatable bonds is 3. The molecule has 2 amide bonds. The second-order valence-corrected chi connectivity index (χ2v) is 4.98. The number of benzene rings is 1. The molecule has 1 atom stereocenters. The SMILES string of the molecule is CN(Cc1ccc(F)c(F)c1)C(=O)C1CCC(=O)NC1. The molecule has 2 rings (SSSR count). The number of hydrogen-bond acceptors (Lipinski definition) is 2. The molecule has 0 aromatic heterocycles. The lowest BCUT2D eigenvalue weighted by Crippen LogP contribution is -2.43. The molecule has 1 aliphatic rings. The van der Waals surface area contributed by atoms with E-state index in [-0.39, 0.29) is 24.3 Å². The predicted molar refractivity (Wildman–Crippen MR) is 68.6 cm³/mol. The lowest BCUT2D eigenvalue weighted by molar-refractivity contribution is -0.136. The zero-order valence-corrected chi connectivity index (χ0v) is 11.2. The molecule has 1 unspecified atom stereocenters. The minimum atomic E-state index is -0.923. The van der Waals surface area contributed by atoms with Crippen LogP contribution in [0.4, 0.5) is 8.78 Å². The maximum Gasteiger partial charge on any atom is 0.227 e. The third-order valence-electron chi connectivity index (χ3n) is 3.39. The first-order valence-electron chi connectivity index (χ1n) is 6.43. The molecular weight excluding hydrogens is 266 g/mol. The Kier molecular flexibility index (Phi) is 4.32. The summed E-state index contributed by atoms with van der Waals surface area (Å²) in [6.07, 6.45) is 0.863. The van der Waals surface area contributed by atoms with E-state index in [1.165, 1.54) is 11.0 Å². The van der Waals surface area contributed by atoms with Crippen molar-refractivity contribution in [3.8, 4) is 0 Å². The summed E-state index contributed by atoms with van der Waals surface area (Å²) in [4.78, 5) is 24.7. The molecule has 6 heteroatoms. The molecular formula is C14H16F2N2O2. The fourth-order valence-electron chi connectivity index (χ4n) is 2.25.